The number of fused-ring (bicyclic) bond motifs is 1. The molecule has 5 aromatic heterocycles. The number of rotatable bonds is 11. The molecule has 13 nitrogen and oxygen atoms in total. The molecule has 5 heterocycles. The van der Waals surface area contributed by atoms with Crippen molar-refractivity contribution >= 4 is 23.2 Å². The van der Waals surface area contributed by atoms with Crippen molar-refractivity contribution in [3.63, 3.8) is 0 Å². The quantitative estimate of drug-likeness (QED) is 0.204. The number of aryl methyl sites for hydroxylation is 1. The van der Waals surface area contributed by atoms with Crippen LogP contribution >= 0.6 is 0 Å². The summed E-state index contributed by atoms with van der Waals surface area (Å²) in [4.78, 5) is 40.7. The van der Waals surface area contributed by atoms with Crippen molar-refractivity contribution < 1.29 is 14.0 Å². The van der Waals surface area contributed by atoms with E-state index in [1.807, 2.05) is 13.8 Å². The van der Waals surface area contributed by atoms with Crippen LogP contribution in [0.1, 0.15) is 66.7 Å². The Bertz CT molecular complexity index is 1680. The minimum Gasteiger partial charge on any atom is -0.383 e. The first kappa shape index (κ1) is 27.6. The minimum absolute atomic E-state index is 0.136. The summed E-state index contributed by atoms with van der Waals surface area (Å²) in [6, 6.07) is 2.83. The number of aromatic amines is 2. The van der Waals surface area contributed by atoms with Gasteiger partial charge in [0.25, 0.3) is 5.91 Å². The number of hydrogen-bond acceptors (Lipinski definition) is 9. The number of H-pyrrole nitrogens is 2. The number of nitrogen functional groups attached to an aromatic ring is 1. The molecule has 41 heavy (non-hydrogen) atoms. The highest BCUT2D eigenvalue weighted by Crippen LogP contribution is 2.30. The number of carbonyl (C=O) groups is 2. The van der Waals surface area contributed by atoms with E-state index in [-0.39, 0.29) is 40.6 Å². The Morgan fingerprint density at radius 2 is 2.00 bits per heavy atom. The van der Waals surface area contributed by atoms with Gasteiger partial charge in [0.2, 0.25) is 5.82 Å². The molecule has 0 aliphatic heterocycles. The second-order valence-electron chi connectivity index (χ2n) is 9.63. The average Bonchev–Trinajstić information content (AvgIpc) is 3.74. The first-order valence-corrected chi connectivity index (χ1v) is 13.3. The summed E-state index contributed by atoms with van der Waals surface area (Å²) in [5, 5.41) is 17.3. The third kappa shape index (κ3) is 5.27. The molecule has 0 aromatic carbocycles. The van der Waals surface area contributed by atoms with Crippen LogP contribution in [0.4, 0.5) is 10.2 Å². The van der Waals surface area contributed by atoms with E-state index < -0.39 is 5.82 Å². The van der Waals surface area contributed by atoms with E-state index in [4.69, 9.17) is 10.7 Å². The number of carbonyl (C=O) groups excluding carboxylic acids is 2. The van der Waals surface area contributed by atoms with Gasteiger partial charge in [-0.15, -0.1) is 0 Å². The lowest BCUT2D eigenvalue weighted by Crippen LogP contribution is -2.41. The van der Waals surface area contributed by atoms with Gasteiger partial charge in [-0.05, 0) is 44.7 Å². The average molecular weight is 560 g/mol. The Balaban J connectivity index is 1.50. The number of hydrogen-bond donors (Lipinski definition) is 3. The van der Waals surface area contributed by atoms with Gasteiger partial charge in [-0.25, -0.2) is 14.4 Å². The number of halogens is 1. The topological polar surface area (TPSA) is 177 Å². The van der Waals surface area contributed by atoms with Gasteiger partial charge in [0.05, 0.1) is 23.1 Å². The Hall–Kier alpha value is -5.01. The zero-order valence-electron chi connectivity index (χ0n) is 22.9. The monoisotopic (exact) mass is 559 g/mol. The van der Waals surface area contributed by atoms with E-state index in [9.17, 15) is 9.59 Å². The second-order valence-corrected chi connectivity index (χ2v) is 9.63. The number of nitrogens with zero attached hydrogens (tertiary/aromatic N) is 8. The molecule has 14 heteroatoms. The number of Topliss-reactive ketones (excluding diaryl/α,β-unsaturated/α-hetero) is 1. The highest BCUT2D eigenvalue weighted by Gasteiger charge is 2.27. The maximum Gasteiger partial charge on any atom is 0.291 e. The fourth-order valence-electron chi connectivity index (χ4n) is 5.02. The van der Waals surface area contributed by atoms with Crippen molar-refractivity contribution in [2.45, 2.75) is 52.5 Å². The van der Waals surface area contributed by atoms with E-state index >= 15 is 4.39 Å². The molecule has 0 aliphatic carbocycles. The molecule has 5 aromatic rings. The number of aromatic nitrogens is 9. The fraction of sp³-hybridized carbons (Fsp3) is 0.333. The molecule has 0 bridgehead atoms. The van der Waals surface area contributed by atoms with Gasteiger partial charge in [-0.3, -0.25) is 24.8 Å². The summed E-state index contributed by atoms with van der Waals surface area (Å²) in [6.07, 6.45) is 8.20. The molecule has 0 unspecified atom stereocenters. The lowest BCUT2D eigenvalue weighted by atomic mass is 10.0. The maximum atomic E-state index is 15.0. The maximum absolute atomic E-state index is 15.0. The first-order valence-electron chi connectivity index (χ1n) is 13.3. The minimum atomic E-state index is -0.544. The van der Waals surface area contributed by atoms with E-state index in [1.165, 1.54) is 42.4 Å². The first-order chi connectivity index (χ1) is 19.8. The summed E-state index contributed by atoms with van der Waals surface area (Å²) < 4.78 is 16.4. The van der Waals surface area contributed by atoms with E-state index in [0.29, 0.717) is 54.0 Å². The molecule has 5 rings (SSSR count). The van der Waals surface area contributed by atoms with Crippen LogP contribution in [0, 0.1) is 5.82 Å². The zero-order valence-corrected chi connectivity index (χ0v) is 22.9. The van der Waals surface area contributed by atoms with E-state index in [1.54, 1.807) is 11.0 Å². The van der Waals surface area contributed by atoms with Gasteiger partial charge >= 0.3 is 0 Å². The third-order valence-electron chi connectivity index (χ3n) is 6.99. The molecular formula is C27H30FN11O2. The molecule has 4 N–H and O–H groups in total. The van der Waals surface area contributed by atoms with Crippen molar-refractivity contribution in [3.8, 4) is 22.5 Å². The number of ketones is 1. The molecule has 212 valence electrons. The molecule has 0 fully saturated rings. The van der Waals surface area contributed by atoms with E-state index in [0.717, 1.165) is 6.42 Å². The van der Waals surface area contributed by atoms with Crippen LogP contribution < -0.4 is 5.73 Å². The van der Waals surface area contributed by atoms with Crippen molar-refractivity contribution in [3.05, 3.63) is 59.9 Å². The van der Waals surface area contributed by atoms with Gasteiger partial charge in [0.1, 0.15) is 17.8 Å². The van der Waals surface area contributed by atoms with Crippen LogP contribution in [0.25, 0.3) is 28.2 Å². The summed E-state index contributed by atoms with van der Waals surface area (Å²) in [6.45, 7) is 5.96. The van der Waals surface area contributed by atoms with Crippen molar-refractivity contribution in [1.29, 1.82) is 0 Å². The van der Waals surface area contributed by atoms with Crippen LogP contribution in [-0.2, 0) is 6.42 Å². The third-order valence-corrected chi connectivity index (χ3v) is 6.99. The van der Waals surface area contributed by atoms with Crippen LogP contribution in [-0.4, -0.2) is 74.1 Å². The van der Waals surface area contributed by atoms with Crippen molar-refractivity contribution in [2.75, 3.05) is 12.3 Å². The number of nitrogens with one attached hydrogen (secondary N) is 2. The summed E-state index contributed by atoms with van der Waals surface area (Å²) >= 11 is 0. The second kappa shape index (κ2) is 11.6. The highest BCUT2D eigenvalue weighted by molar-refractivity contribution is 6.00. The lowest BCUT2D eigenvalue weighted by Gasteiger charge is -2.30. The number of anilines is 1. The number of amides is 1. The van der Waals surface area contributed by atoms with Crippen molar-refractivity contribution in [1.82, 2.24) is 49.9 Å². The van der Waals surface area contributed by atoms with Gasteiger partial charge < -0.3 is 10.6 Å². The molecular weight excluding hydrogens is 529 g/mol. The smallest absolute Gasteiger partial charge is 0.291 e. The predicted molar refractivity (Wildman–Crippen MR) is 148 cm³/mol. The Morgan fingerprint density at radius 1 is 1.17 bits per heavy atom. The van der Waals surface area contributed by atoms with Crippen molar-refractivity contribution in [2.24, 2.45) is 0 Å². The van der Waals surface area contributed by atoms with Gasteiger partial charge in [0.15, 0.2) is 17.2 Å². The summed E-state index contributed by atoms with van der Waals surface area (Å²) in [7, 11) is 0. The van der Waals surface area contributed by atoms with Crippen LogP contribution in [0.2, 0.25) is 0 Å². The van der Waals surface area contributed by atoms with E-state index in [2.05, 4.69) is 35.5 Å². The molecule has 0 spiro atoms. The number of pyridine rings is 1. The summed E-state index contributed by atoms with van der Waals surface area (Å²) in [5.74, 6) is -0.720. The van der Waals surface area contributed by atoms with Crippen LogP contribution in [0.5, 0.6) is 0 Å². The predicted octanol–water partition coefficient (Wildman–Crippen LogP) is 3.49. The van der Waals surface area contributed by atoms with Gasteiger partial charge in [-0.2, -0.15) is 19.8 Å². The largest absolute Gasteiger partial charge is 0.383 e. The van der Waals surface area contributed by atoms with Gasteiger partial charge in [-0.1, -0.05) is 13.8 Å². The molecule has 0 saturated heterocycles. The standard InChI is InChI=1S/C27H30FN11O2/c1-4-10-38(27(41)25-31-14-33-37-25)17(5-2)6-7-20-22(15(3)40)24(29)39-26(35-20)18(13-34-39)16-11-19(28)23(30-12-16)21-8-9-32-36-21/h8-9,11-14,17H,4-7,10,29H2,1-3H3,(H,32,36)(H,31,33,37)/t17-/m1/s1. The van der Waals surface area contributed by atoms with Crippen LogP contribution in [0.15, 0.2) is 37.1 Å². The molecule has 0 saturated carbocycles. The highest BCUT2D eigenvalue weighted by atomic mass is 19.1. The fourth-order valence-corrected chi connectivity index (χ4v) is 5.02. The summed E-state index contributed by atoms with van der Waals surface area (Å²) in [5.41, 5.74) is 9.11. The SMILES string of the molecule is CCCN(C(=O)c1ncn[nH]1)[C@H](CC)CCc1nc2c(-c3cnc(-c4ccn[nH]4)c(F)c3)cnn2c(N)c1C(C)=O. The van der Waals surface area contributed by atoms with Gasteiger partial charge in [0, 0.05) is 36.1 Å². The lowest BCUT2D eigenvalue weighted by molar-refractivity contribution is 0.0650. The number of nitrogens with two attached hydrogens (primary N) is 1. The zero-order chi connectivity index (χ0) is 29.1. The molecule has 1 atom stereocenters. The normalized spacial score (nSPS) is 12.1. The van der Waals surface area contributed by atoms with Crippen LogP contribution in [0.3, 0.4) is 0 Å². The molecule has 0 radical (unpaired) electrons. The Morgan fingerprint density at radius 3 is 2.63 bits per heavy atom. The Labute approximate surface area is 234 Å². The Kier molecular flexibility index (Phi) is 7.81. The molecule has 1 amide bonds. The molecule has 0 aliphatic rings.